The van der Waals surface area contributed by atoms with Gasteiger partial charge in [0, 0.05) is 15.8 Å². The van der Waals surface area contributed by atoms with E-state index in [-0.39, 0.29) is 0 Å². The highest BCUT2D eigenvalue weighted by molar-refractivity contribution is 14.1. The molecule has 0 fully saturated rings. The molecule has 0 bridgehead atoms. The van der Waals surface area contributed by atoms with Gasteiger partial charge in [-0.15, -0.1) is 0 Å². The predicted octanol–water partition coefficient (Wildman–Crippen LogP) is 4.93. The summed E-state index contributed by atoms with van der Waals surface area (Å²) in [5, 5.41) is 3.38. The average Bonchev–Trinajstić information content (AvgIpc) is 2.42. The van der Waals surface area contributed by atoms with E-state index in [2.05, 4.69) is 76.4 Å². The molecule has 0 aliphatic carbocycles. The molecule has 0 aromatic heterocycles. The van der Waals surface area contributed by atoms with Gasteiger partial charge in [-0.3, -0.25) is 0 Å². The van der Waals surface area contributed by atoms with Crippen molar-refractivity contribution in [2.75, 3.05) is 5.32 Å². The molecule has 0 heterocycles. The van der Waals surface area contributed by atoms with E-state index >= 15 is 0 Å². The normalized spacial score (nSPS) is 9.12. The summed E-state index contributed by atoms with van der Waals surface area (Å²) in [7, 11) is 0. The van der Waals surface area contributed by atoms with Crippen molar-refractivity contribution >= 4 is 28.3 Å². The van der Waals surface area contributed by atoms with E-state index < -0.39 is 0 Å². The largest absolute Gasteiger partial charge is 0.381 e. The smallest absolute Gasteiger partial charge is 0.0400 e. The Balaban J connectivity index is 0.000000686. The summed E-state index contributed by atoms with van der Waals surface area (Å²) in [6, 6.07) is 18.8. The van der Waals surface area contributed by atoms with Crippen LogP contribution in [0.5, 0.6) is 0 Å². The van der Waals surface area contributed by atoms with Crippen LogP contribution in [0.2, 0.25) is 0 Å². The summed E-state index contributed by atoms with van der Waals surface area (Å²) in [5.41, 5.74) is 2.47. The predicted molar refractivity (Wildman–Crippen MR) is 84.3 cm³/mol. The Bertz CT molecular complexity index is 409. The third-order valence-corrected chi connectivity index (χ3v) is 2.90. The van der Waals surface area contributed by atoms with E-state index in [4.69, 9.17) is 0 Å². The van der Waals surface area contributed by atoms with Crippen molar-refractivity contribution in [2.45, 2.75) is 20.4 Å². The van der Waals surface area contributed by atoms with Crippen molar-refractivity contribution in [1.29, 1.82) is 0 Å². The lowest BCUT2D eigenvalue weighted by Crippen LogP contribution is -1.98. The third kappa shape index (κ3) is 5.22. The Morgan fingerprint density at radius 1 is 0.882 bits per heavy atom. The highest BCUT2D eigenvalue weighted by atomic mass is 127. The molecule has 90 valence electrons. The Labute approximate surface area is 117 Å². The quantitative estimate of drug-likeness (QED) is 0.782. The second kappa shape index (κ2) is 8.12. The van der Waals surface area contributed by atoms with Crippen molar-refractivity contribution in [3.63, 3.8) is 0 Å². The van der Waals surface area contributed by atoms with Crippen LogP contribution < -0.4 is 5.32 Å². The van der Waals surface area contributed by atoms with Gasteiger partial charge in [0.05, 0.1) is 0 Å². The molecule has 17 heavy (non-hydrogen) atoms. The molecular formula is C15H18IN. The first-order valence-corrected chi connectivity index (χ1v) is 6.96. The number of hydrogen-bond donors (Lipinski definition) is 1. The minimum Gasteiger partial charge on any atom is -0.381 e. The molecule has 0 saturated carbocycles. The average molecular weight is 339 g/mol. The van der Waals surface area contributed by atoms with E-state index in [1.54, 1.807) is 0 Å². The van der Waals surface area contributed by atoms with Crippen molar-refractivity contribution < 1.29 is 0 Å². The molecule has 2 rings (SSSR count). The molecule has 0 aliphatic heterocycles. The van der Waals surface area contributed by atoms with Crippen molar-refractivity contribution in [3.8, 4) is 0 Å². The van der Waals surface area contributed by atoms with Crippen LogP contribution in [0.4, 0.5) is 5.69 Å². The molecule has 0 atom stereocenters. The minimum absolute atomic E-state index is 0.876. The van der Waals surface area contributed by atoms with Crippen molar-refractivity contribution in [2.24, 2.45) is 0 Å². The van der Waals surface area contributed by atoms with Gasteiger partial charge in [-0.25, -0.2) is 0 Å². The van der Waals surface area contributed by atoms with Gasteiger partial charge in [-0.05, 0) is 52.4 Å². The summed E-state index contributed by atoms with van der Waals surface area (Å²) < 4.78 is 1.26. The van der Waals surface area contributed by atoms with Crippen LogP contribution >= 0.6 is 22.6 Å². The molecule has 2 aromatic carbocycles. The molecule has 1 nitrogen and oxygen atoms in total. The summed E-state index contributed by atoms with van der Waals surface area (Å²) in [6.45, 7) is 4.88. The number of rotatable bonds is 3. The third-order valence-electron chi connectivity index (χ3n) is 2.18. The van der Waals surface area contributed by atoms with Crippen LogP contribution in [0.15, 0.2) is 54.6 Å². The minimum atomic E-state index is 0.876. The highest BCUT2D eigenvalue weighted by Gasteiger charge is 1.92. The molecule has 0 amide bonds. The van der Waals surface area contributed by atoms with Gasteiger partial charge in [-0.2, -0.15) is 0 Å². The fourth-order valence-corrected chi connectivity index (χ4v) is 1.73. The maximum absolute atomic E-state index is 3.38. The van der Waals surface area contributed by atoms with Crippen LogP contribution in [0, 0.1) is 3.57 Å². The molecular weight excluding hydrogens is 321 g/mol. The SMILES string of the molecule is CC.Ic1ccc(NCc2ccccc2)cc1. The highest BCUT2D eigenvalue weighted by Crippen LogP contribution is 2.12. The zero-order valence-corrected chi connectivity index (χ0v) is 12.4. The molecule has 0 saturated heterocycles. The Morgan fingerprint density at radius 2 is 1.47 bits per heavy atom. The van der Waals surface area contributed by atoms with Crippen molar-refractivity contribution in [1.82, 2.24) is 0 Å². The van der Waals surface area contributed by atoms with Gasteiger partial charge in [0.15, 0.2) is 0 Å². The summed E-state index contributed by atoms with van der Waals surface area (Å²) >= 11 is 2.31. The lowest BCUT2D eigenvalue weighted by atomic mass is 10.2. The Morgan fingerprint density at radius 3 is 2.06 bits per heavy atom. The molecule has 0 unspecified atom stereocenters. The number of anilines is 1. The molecule has 0 radical (unpaired) electrons. The first-order chi connectivity index (χ1) is 8.34. The van der Waals surface area contributed by atoms with Crippen LogP contribution in [-0.4, -0.2) is 0 Å². The van der Waals surface area contributed by atoms with Gasteiger partial charge in [0.25, 0.3) is 0 Å². The first kappa shape index (κ1) is 14.0. The lowest BCUT2D eigenvalue weighted by Gasteiger charge is -2.06. The first-order valence-electron chi connectivity index (χ1n) is 5.88. The molecule has 0 aliphatic rings. The van der Waals surface area contributed by atoms with Gasteiger partial charge in [0.2, 0.25) is 0 Å². The zero-order valence-electron chi connectivity index (χ0n) is 10.3. The van der Waals surface area contributed by atoms with Crippen LogP contribution in [0.1, 0.15) is 19.4 Å². The number of halogens is 1. The maximum atomic E-state index is 3.38. The molecule has 0 spiro atoms. The number of benzene rings is 2. The van der Waals surface area contributed by atoms with Gasteiger partial charge < -0.3 is 5.32 Å². The summed E-state index contributed by atoms with van der Waals surface area (Å²) in [5.74, 6) is 0. The van der Waals surface area contributed by atoms with E-state index in [0.717, 1.165) is 6.54 Å². The maximum Gasteiger partial charge on any atom is 0.0400 e. The standard InChI is InChI=1S/C13H12IN.C2H6/c14-12-6-8-13(9-7-12)15-10-11-4-2-1-3-5-11;1-2/h1-9,15H,10H2;1-2H3. The fraction of sp³-hybridized carbons (Fsp3) is 0.200. The summed E-state index contributed by atoms with van der Waals surface area (Å²) in [4.78, 5) is 0. The number of hydrogen-bond acceptors (Lipinski definition) is 1. The molecule has 1 N–H and O–H groups in total. The van der Waals surface area contributed by atoms with E-state index in [0.29, 0.717) is 0 Å². The van der Waals surface area contributed by atoms with Crippen LogP contribution in [-0.2, 0) is 6.54 Å². The van der Waals surface area contributed by atoms with E-state index in [9.17, 15) is 0 Å². The monoisotopic (exact) mass is 339 g/mol. The second-order valence-electron chi connectivity index (χ2n) is 3.35. The topological polar surface area (TPSA) is 12.0 Å². The van der Waals surface area contributed by atoms with Crippen molar-refractivity contribution in [3.05, 3.63) is 63.7 Å². The molecule has 2 aromatic rings. The zero-order chi connectivity index (χ0) is 12.5. The summed E-state index contributed by atoms with van der Waals surface area (Å²) in [6.07, 6.45) is 0. The van der Waals surface area contributed by atoms with E-state index in [1.807, 2.05) is 19.9 Å². The number of nitrogens with one attached hydrogen (secondary N) is 1. The fourth-order valence-electron chi connectivity index (χ4n) is 1.37. The second-order valence-corrected chi connectivity index (χ2v) is 4.59. The van der Waals surface area contributed by atoms with Crippen LogP contribution in [0.3, 0.4) is 0 Å². The Hall–Kier alpha value is -1.03. The lowest BCUT2D eigenvalue weighted by molar-refractivity contribution is 1.15. The van der Waals surface area contributed by atoms with Gasteiger partial charge in [0.1, 0.15) is 0 Å². The van der Waals surface area contributed by atoms with E-state index in [1.165, 1.54) is 14.8 Å². The van der Waals surface area contributed by atoms with Gasteiger partial charge >= 0.3 is 0 Å². The van der Waals surface area contributed by atoms with Crippen LogP contribution in [0.25, 0.3) is 0 Å². The Kier molecular flexibility index (Phi) is 6.70. The van der Waals surface area contributed by atoms with Gasteiger partial charge in [-0.1, -0.05) is 44.2 Å². The molecule has 2 heteroatoms.